The number of unbranched alkanes of at least 4 members (excludes halogenated alkanes) is 27. The molecule has 0 aliphatic carbocycles. The number of esters is 4. The highest BCUT2D eigenvalue weighted by atomic mass is 31.2. The fourth-order valence-electron chi connectivity index (χ4n) is 8.14. The summed E-state index contributed by atoms with van der Waals surface area (Å²) in [5.74, 6) is -1.43. The maximum atomic E-state index is 12.9. The molecule has 0 aliphatic heterocycles. The van der Waals surface area contributed by atoms with E-state index in [-0.39, 0.29) is 25.7 Å². The Kier molecular flexibility index (Phi) is 49.0. The van der Waals surface area contributed by atoms with Gasteiger partial charge in [0.05, 0.1) is 26.4 Å². The van der Waals surface area contributed by atoms with Gasteiger partial charge in [0.1, 0.15) is 19.3 Å². The van der Waals surface area contributed by atoms with Gasteiger partial charge in [-0.05, 0) is 31.6 Å². The van der Waals surface area contributed by atoms with Crippen molar-refractivity contribution in [2.24, 2.45) is 5.92 Å². The van der Waals surface area contributed by atoms with Crippen LogP contribution in [-0.2, 0) is 65.4 Å². The first-order chi connectivity index (χ1) is 36.1. The molecule has 19 heteroatoms. The molecule has 0 aromatic carbocycles. The first kappa shape index (κ1) is 73.1. The molecule has 0 saturated heterocycles. The van der Waals surface area contributed by atoms with Gasteiger partial charge in [0, 0.05) is 25.7 Å². The summed E-state index contributed by atoms with van der Waals surface area (Å²) in [6.45, 7) is 6.96. The third-order valence-corrected chi connectivity index (χ3v) is 15.0. The van der Waals surface area contributed by atoms with Gasteiger partial charge >= 0.3 is 39.5 Å². The van der Waals surface area contributed by atoms with Crippen molar-refractivity contribution in [3.8, 4) is 0 Å². The van der Waals surface area contributed by atoms with Crippen LogP contribution in [0.2, 0.25) is 0 Å². The second-order valence-electron chi connectivity index (χ2n) is 20.6. The van der Waals surface area contributed by atoms with E-state index in [2.05, 4.69) is 34.6 Å². The minimum Gasteiger partial charge on any atom is -0.462 e. The van der Waals surface area contributed by atoms with Crippen LogP contribution in [0.15, 0.2) is 0 Å². The third kappa shape index (κ3) is 50.1. The van der Waals surface area contributed by atoms with Gasteiger partial charge in [-0.15, -0.1) is 0 Å². The maximum Gasteiger partial charge on any atom is 0.472 e. The van der Waals surface area contributed by atoms with Gasteiger partial charge in [-0.25, -0.2) is 9.13 Å². The van der Waals surface area contributed by atoms with E-state index in [1.165, 1.54) is 70.6 Å². The Morgan fingerprint density at radius 1 is 0.373 bits per heavy atom. The highest BCUT2D eigenvalue weighted by Gasteiger charge is 2.30. The summed E-state index contributed by atoms with van der Waals surface area (Å²) in [5.41, 5.74) is 0. The van der Waals surface area contributed by atoms with Crippen molar-refractivity contribution < 1.29 is 80.2 Å². The molecule has 0 spiro atoms. The Balaban J connectivity index is 5.17. The van der Waals surface area contributed by atoms with Crippen molar-refractivity contribution in [3.05, 3.63) is 0 Å². The van der Waals surface area contributed by atoms with Crippen molar-refractivity contribution in [2.75, 3.05) is 39.6 Å². The lowest BCUT2D eigenvalue weighted by Gasteiger charge is -2.21. The fraction of sp³-hybridized carbons (Fsp3) is 0.929. The van der Waals surface area contributed by atoms with E-state index in [4.69, 9.17) is 37.0 Å². The van der Waals surface area contributed by atoms with Gasteiger partial charge in [-0.2, -0.15) is 0 Å². The first-order valence-electron chi connectivity index (χ1n) is 29.7. The van der Waals surface area contributed by atoms with Crippen molar-refractivity contribution >= 4 is 39.5 Å². The van der Waals surface area contributed by atoms with Crippen LogP contribution in [0.1, 0.15) is 272 Å². The number of carbonyl (C=O) groups is 4. The smallest absolute Gasteiger partial charge is 0.462 e. The molecule has 0 aliphatic rings. The molecule has 3 N–H and O–H groups in total. The number of hydrogen-bond donors (Lipinski definition) is 3. The summed E-state index contributed by atoms with van der Waals surface area (Å²) in [7, 11) is -9.86. The van der Waals surface area contributed by atoms with Crippen molar-refractivity contribution in [3.63, 3.8) is 0 Å². The number of rotatable bonds is 56. The zero-order valence-electron chi connectivity index (χ0n) is 47.7. The van der Waals surface area contributed by atoms with Gasteiger partial charge in [0.2, 0.25) is 0 Å². The normalized spacial score (nSPS) is 14.8. The molecule has 0 amide bonds. The minimum atomic E-state index is -4.93. The Morgan fingerprint density at radius 2 is 0.640 bits per heavy atom. The van der Waals surface area contributed by atoms with E-state index in [0.29, 0.717) is 25.7 Å². The number of aliphatic hydroxyl groups is 1. The van der Waals surface area contributed by atoms with Crippen LogP contribution in [0.25, 0.3) is 0 Å². The minimum absolute atomic E-state index is 0.103. The van der Waals surface area contributed by atoms with Crippen molar-refractivity contribution in [1.29, 1.82) is 0 Å². The SMILES string of the molecule is CCCCCCCCCCCCCCCC(=O)O[C@H](COC(=O)CCCCCCCCC(C)CC)COP(=O)(O)OC[C@@H](O)COP(=O)(O)OC[C@@H](COC(=O)CCCCCCC)OC(=O)CCCCCCCCC. The number of aliphatic hydroxyl groups excluding tert-OH is 1. The lowest BCUT2D eigenvalue weighted by atomic mass is 10.00. The molecule has 0 saturated carbocycles. The first-order valence-corrected chi connectivity index (χ1v) is 32.7. The number of carbonyl (C=O) groups excluding carboxylic acids is 4. The predicted molar refractivity (Wildman–Crippen MR) is 294 cm³/mol. The molecule has 75 heavy (non-hydrogen) atoms. The molecule has 3 unspecified atom stereocenters. The van der Waals surface area contributed by atoms with Gasteiger partial charge in [0.15, 0.2) is 12.2 Å². The van der Waals surface area contributed by atoms with Gasteiger partial charge in [0.25, 0.3) is 0 Å². The van der Waals surface area contributed by atoms with Gasteiger partial charge in [-0.3, -0.25) is 37.3 Å². The maximum absolute atomic E-state index is 12.9. The van der Waals surface area contributed by atoms with E-state index in [1.807, 2.05) is 0 Å². The van der Waals surface area contributed by atoms with E-state index in [0.717, 1.165) is 121 Å². The second-order valence-corrected chi connectivity index (χ2v) is 23.5. The second kappa shape index (κ2) is 50.3. The monoisotopic (exact) mass is 1110 g/mol. The van der Waals surface area contributed by atoms with Crippen LogP contribution in [-0.4, -0.2) is 96.7 Å². The van der Waals surface area contributed by atoms with E-state index >= 15 is 0 Å². The Hall–Kier alpha value is -1.94. The van der Waals surface area contributed by atoms with Crippen molar-refractivity contribution in [1.82, 2.24) is 0 Å². The molecule has 0 bridgehead atoms. The zero-order chi connectivity index (χ0) is 55.7. The molecule has 0 rings (SSSR count). The summed E-state index contributed by atoms with van der Waals surface area (Å²) in [6, 6.07) is 0. The number of phosphoric ester groups is 2. The van der Waals surface area contributed by atoms with E-state index in [1.54, 1.807) is 0 Å². The summed E-state index contributed by atoms with van der Waals surface area (Å²) in [5, 5.41) is 10.5. The van der Waals surface area contributed by atoms with Gasteiger partial charge < -0.3 is 33.8 Å². The third-order valence-electron chi connectivity index (χ3n) is 13.1. The summed E-state index contributed by atoms with van der Waals surface area (Å²) in [6.07, 6.45) is 31.2. The molecule has 0 aromatic heterocycles. The van der Waals surface area contributed by atoms with E-state index < -0.39 is 97.5 Å². The number of hydrogen-bond acceptors (Lipinski definition) is 15. The summed E-state index contributed by atoms with van der Waals surface area (Å²) < 4.78 is 67.3. The lowest BCUT2D eigenvalue weighted by molar-refractivity contribution is -0.161. The summed E-state index contributed by atoms with van der Waals surface area (Å²) in [4.78, 5) is 71.4. The predicted octanol–water partition coefficient (Wildman–Crippen LogP) is 14.7. The Labute approximate surface area is 454 Å². The Bertz CT molecular complexity index is 1490. The molecule has 17 nitrogen and oxygen atoms in total. The molecule has 0 heterocycles. The van der Waals surface area contributed by atoms with Crippen LogP contribution >= 0.6 is 15.6 Å². The molecule has 0 aromatic rings. The van der Waals surface area contributed by atoms with Crippen LogP contribution in [0.3, 0.4) is 0 Å². The topological polar surface area (TPSA) is 237 Å². The van der Waals surface area contributed by atoms with Crippen LogP contribution in [0, 0.1) is 5.92 Å². The highest BCUT2D eigenvalue weighted by molar-refractivity contribution is 7.47. The molecule has 444 valence electrons. The highest BCUT2D eigenvalue weighted by Crippen LogP contribution is 2.45. The zero-order valence-corrected chi connectivity index (χ0v) is 49.5. The van der Waals surface area contributed by atoms with Crippen molar-refractivity contribution in [2.45, 2.75) is 291 Å². The molecule has 0 radical (unpaired) electrons. The Morgan fingerprint density at radius 3 is 0.947 bits per heavy atom. The number of phosphoric acid groups is 2. The molecular formula is C56H108O17P2. The van der Waals surface area contributed by atoms with Crippen LogP contribution < -0.4 is 0 Å². The van der Waals surface area contributed by atoms with Crippen LogP contribution in [0.5, 0.6) is 0 Å². The quantitative estimate of drug-likeness (QED) is 0.0222. The van der Waals surface area contributed by atoms with E-state index in [9.17, 15) is 43.2 Å². The fourth-order valence-corrected chi connectivity index (χ4v) is 9.71. The number of ether oxygens (including phenoxy) is 4. The standard InChI is InChI=1S/C56H108O17P2/c1-6-10-13-16-18-19-20-21-22-23-25-32-37-42-56(61)73-52(46-67-54(59)40-35-30-27-26-29-33-38-49(5)9-4)48-71-75(64,65)69-44-50(57)43-68-74(62,63)70-47-51(45-66-53(58)39-34-28-15-12-8-3)72-55(60)41-36-31-24-17-14-11-7-2/h49-52,57H,6-48H2,1-5H3,(H,62,63)(H,64,65)/t49?,50-,51+,52+/m0/s1. The lowest BCUT2D eigenvalue weighted by Crippen LogP contribution is -2.30. The summed E-state index contributed by atoms with van der Waals surface area (Å²) >= 11 is 0. The average molecular weight is 1120 g/mol. The largest absolute Gasteiger partial charge is 0.472 e. The molecule has 6 atom stereocenters. The van der Waals surface area contributed by atoms with Crippen LogP contribution in [0.4, 0.5) is 0 Å². The molecule has 0 fully saturated rings. The average Bonchev–Trinajstić information content (AvgIpc) is 3.38. The molecular weight excluding hydrogens is 1010 g/mol. The van der Waals surface area contributed by atoms with Gasteiger partial charge in [-0.1, -0.05) is 221 Å².